The van der Waals surface area contributed by atoms with Gasteiger partial charge in [-0.05, 0) is 41.5 Å². The zero-order valence-corrected chi connectivity index (χ0v) is 19.6. The third-order valence-electron chi connectivity index (χ3n) is 3.75. The molecular formula is C18H32F2O6Si2. The van der Waals surface area contributed by atoms with Crippen LogP contribution in [0.5, 0.6) is 0 Å². The summed E-state index contributed by atoms with van der Waals surface area (Å²) < 4.78 is 64.7. The molecule has 0 radical (unpaired) electrons. The highest BCUT2D eigenvalue weighted by Crippen LogP contribution is 2.18. The lowest BCUT2D eigenvalue weighted by Crippen LogP contribution is -2.62. The molecular weight excluding hydrogens is 406 g/mol. The molecule has 0 atom stereocenters. The van der Waals surface area contributed by atoms with Gasteiger partial charge in [0.2, 0.25) is 0 Å². The monoisotopic (exact) mass is 438 g/mol. The van der Waals surface area contributed by atoms with E-state index in [2.05, 4.69) is 0 Å². The quantitative estimate of drug-likeness (QED) is 0.416. The topological polar surface area (TPSA) is 55.4 Å². The fourth-order valence-corrected chi connectivity index (χ4v) is 7.92. The van der Waals surface area contributed by atoms with Crippen molar-refractivity contribution in [3.63, 3.8) is 0 Å². The van der Waals surface area contributed by atoms with Gasteiger partial charge in [-0.3, -0.25) is 0 Å². The first-order valence-electron chi connectivity index (χ1n) is 9.74. The fourth-order valence-electron chi connectivity index (χ4n) is 2.88. The van der Waals surface area contributed by atoms with E-state index in [1.54, 1.807) is 41.5 Å². The Morgan fingerprint density at radius 1 is 0.536 bits per heavy atom. The molecule has 0 N–H and O–H groups in total. The molecule has 1 aromatic carbocycles. The van der Waals surface area contributed by atoms with E-state index < -0.39 is 29.2 Å². The van der Waals surface area contributed by atoms with Gasteiger partial charge in [0.05, 0.1) is 10.4 Å². The lowest BCUT2D eigenvalue weighted by atomic mass is 10.3. The zero-order valence-electron chi connectivity index (χ0n) is 17.6. The molecule has 6 nitrogen and oxygen atoms in total. The molecule has 1 aromatic rings. The summed E-state index contributed by atoms with van der Waals surface area (Å²) in [6.45, 7) is 11.9. The van der Waals surface area contributed by atoms with Gasteiger partial charge in [-0.15, -0.1) is 0 Å². The maximum atomic E-state index is 15.3. The third-order valence-corrected chi connectivity index (χ3v) is 9.85. The van der Waals surface area contributed by atoms with Gasteiger partial charge >= 0.3 is 17.6 Å². The molecule has 0 bridgehead atoms. The Hall–Kier alpha value is -0.726. The van der Waals surface area contributed by atoms with Crippen molar-refractivity contribution in [1.29, 1.82) is 0 Å². The van der Waals surface area contributed by atoms with E-state index in [9.17, 15) is 0 Å². The second-order valence-electron chi connectivity index (χ2n) is 5.50. The van der Waals surface area contributed by atoms with Gasteiger partial charge in [-0.2, -0.15) is 0 Å². The fraction of sp³-hybridized carbons (Fsp3) is 0.667. The predicted molar refractivity (Wildman–Crippen MR) is 107 cm³/mol. The number of benzene rings is 1. The lowest BCUT2D eigenvalue weighted by molar-refractivity contribution is 0.0830. The average Bonchev–Trinajstić information content (AvgIpc) is 2.65. The molecule has 28 heavy (non-hydrogen) atoms. The first kappa shape index (κ1) is 25.3. The third kappa shape index (κ3) is 5.45. The summed E-state index contributed by atoms with van der Waals surface area (Å²) in [6, 6.07) is 2.86. The van der Waals surface area contributed by atoms with E-state index in [1.165, 1.54) is 12.1 Å². The van der Waals surface area contributed by atoms with Gasteiger partial charge in [-0.1, -0.05) is 12.1 Å². The molecule has 0 aliphatic rings. The molecule has 0 heterocycles. The maximum Gasteiger partial charge on any atom is 0.540 e. The highest BCUT2D eigenvalue weighted by atomic mass is 28.4. The zero-order chi connectivity index (χ0) is 21.2. The van der Waals surface area contributed by atoms with Crippen LogP contribution in [0.1, 0.15) is 41.5 Å². The molecule has 0 spiro atoms. The van der Waals surface area contributed by atoms with Crippen molar-refractivity contribution in [3.05, 3.63) is 23.8 Å². The molecule has 0 aliphatic carbocycles. The molecule has 0 amide bonds. The minimum Gasteiger partial charge on any atom is -0.370 e. The molecule has 0 aliphatic heterocycles. The van der Waals surface area contributed by atoms with Crippen molar-refractivity contribution in [2.45, 2.75) is 41.5 Å². The van der Waals surface area contributed by atoms with Crippen molar-refractivity contribution in [1.82, 2.24) is 0 Å². The van der Waals surface area contributed by atoms with Crippen molar-refractivity contribution in [3.8, 4) is 0 Å². The minimum absolute atomic E-state index is 0.0494. The van der Waals surface area contributed by atoms with Gasteiger partial charge < -0.3 is 26.6 Å². The van der Waals surface area contributed by atoms with Crippen LogP contribution in [0.4, 0.5) is 8.78 Å². The van der Waals surface area contributed by atoms with E-state index in [0.29, 0.717) is 0 Å². The van der Waals surface area contributed by atoms with Crippen molar-refractivity contribution in [2.75, 3.05) is 39.6 Å². The highest BCUT2D eigenvalue weighted by Gasteiger charge is 2.50. The summed E-state index contributed by atoms with van der Waals surface area (Å²) in [5, 5.41) is -0.0987. The maximum absolute atomic E-state index is 15.3. The van der Waals surface area contributed by atoms with Crippen LogP contribution < -0.4 is 10.4 Å². The van der Waals surface area contributed by atoms with Crippen LogP contribution in [0.3, 0.4) is 0 Å². The van der Waals surface area contributed by atoms with Crippen LogP contribution in [0.2, 0.25) is 0 Å². The number of hydrogen-bond donors (Lipinski definition) is 0. The lowest BCUT2D eigenvalue weighted by Gasteiger charge is -2.31. The minimum atomic E-state index is -3.61. The van der Waals surface area contributed by atoms with Crippen molar-refractivity contribution in [2.24, 2.45) is 0 Å². The smallest absolute Gasteiger partial charge is 0.370 e. The second-order valence-corrected chi connectivity index (χ2v) is 10.5. The van der Waals surface area contributed by atoms with E-state index in [-0.39, 0.29) is 50.0 Å². The van der Waals surface area contributed by atoms with Gasteiger partial charge in [0.15, 0.2) is 11.6 Å². The van der Waals surface area contributed by atoms with Crippen LogP contribution in [0.25, 0.3) is 0 Å². The Morgan fingerprint density at radius 2 is 0.750 bits per heavy atom. The largest absolute Gasteiger partial charge is 0.540 e. The molecule has 0 fully saturated rings. The average molecular weight is 439 g/mol. The van der Waals surface area contributed by atoms with Crippen LogP contribution in [-0.4, -0.2) is 57.3 Å². The van der Waals surface area contributed by atoms with E-state index >= 15 is 8.78 Å². The summed E-state index contributed by atoms with van der Waals surface area (Å²) in [5.74, 6) is -2.17. The summed E-state index contributed by atoms with van der Waals surface area (Å²) in [6.07, 6.45) is 0. The van der Waals surface area contributed by atoms with Crippen LogP contribution in [-0.2, 0) is 26.6 Å². The van der Waals surface area contributed by atoms with Gasteiger partial charge in [-0.25, -0.2) is 8.78 Å². The molecule has 0 aromatic heterocycles. The number of rotatable bonds is 14. The predicted octanol–water partition coefficient (Wildman–Crippen LogP) is 2.48. The molecule has 0 unspecified atom stereocenters. The summed E-state index contributed by atoms with van der Waals surface area (Å²) in [4.78, 5) is 0. The molecule has 1 rings (SSSR count). The van der Waals surface area contributed by atoms with Crippen molar-refractivity contribution >= 4 is 28.0 Å². The Kier molecular flexibility index (Phi) is 10.9. The Morgan fingerprint density at radius 3 is 0.929 bits per heavy atom. The second kappa shape index (κ2) is 12.1. The summed E-state index contributed by atoms with van der Waals surface area (Å²) >= 11 is 0. The number of halogens is 2. The SMILES string of the molecule is CCO[Si](OCC)(OCC)c1ccc([Si](OCC)(OCC)OCC)c(F)c1F. The van der Waals surface area contributed by atoms with Gasteiger partial charge in [0, 0.05) is 39.6 Å². The molecule has 0 saturated carbocycles. The Labute approximate surface area is 168 Å². The summed E-state index contributed by atoms with van der Waals surface area (Å²) in [5.41, 5.74) is 0. The highest BCUT2D eigenvalue weighted by molar-refractivity contribution is 6.77. The summed E-state index contributed by atoms with van der Waals surface area (Å²) in [7, 11) is -7.21. The van der Waals surface area contributed by atoms with Crippen LogP contribution in [0, 0.1) is 11.6 Å². The van der Waals surface area contributed by atoms with Crippen LogP contribution >= 0.6 is 0 Å². The van der Waals surface area contributed by atoms with Crippen LogP contribution in [0.15, 0.2) is 12.1 Å². The van der Waals surface area contributed by atoms with E-state index in [0.717, 1.165) is 0 Å². The van der Waals surface area contributed by atoms with Gasteiger partial charge in [0.1, 0.15) is 0 Å². The van der Waals surface area contributed by atoms with E-state index in [1.807, 2.05) is 0 Å². The number of hydrogen-bond acceptors (Lipinski definition) is 6. The van der Waals surface area contributed by atoms with Crippen molar-refractivity contribution < 1.29 is 35.3 Å². The van der Waals surface area contributed by atoms with E-state index in [4.69, 9.17) is 26.6 Å². The molecule has 162 valence electrons. The normalized spacial score (nSPS) is 12.6. The molecule has 10 heteroatoms. The Balaban J connectivity index is 3.59. The first-order valence-corrected chi connectivity index (χ1v) is 13.2. The molecule has 0 saturated heterocycles. The Bertz CT molecular complexity index is 521. The first-order chi connectivity index (χ1) is 13.4. The van der Waals surface area contributed by atoms with Gasteiger partial charge in [0.25, 0.3) is 0 Å². The standard InChI is InChI=1S/C18H32F2O6Si2/c1-7-21-27(22-8-2,23-9-3)15-13-14-16(18(20)17(15)19)28(24-10-4,25-11-5)26-12-6/h13-14H,7-12H2,1-6H3.